The number of pyridine rings is 1. The molecule has 1 aromatic heterocycles. The summed E-state index contributed by atoms with van der Waals surface area (Å²) in [5, 5.41) is 2.63. The first kappa shape index (κ1) is 19.7. The van der Waals surface area contributed by atoms with E-state index in [2.05, 4.69) is 15.3 Å². The predicted octanol–water partition coefficient (Wildman–Crippen LogP) is 5.20. The van der Waals surface area contributed by atoms with Crippen molar-refractivity contribution in [2.75, 3.05) is 7.11 Å². The molecule has 1 aliphatic heterocycles. The monoisotopic (exact) mass is 417 g/mol. The summed E-state index contributed by atoms with van der Waals surface area (Å²) in [7, 11) is 1.60. The number of ether oxygens (including phenoxy) is 2. The van der Waals surface area contributed by atoms with E-state index < -0.39 is 0 Å². The number of carbonyl (C=O) groups excluding carboxylic acids is 1. The molecule has 0 spiro atoms. The van der Waals surface area contributed by atoms with Crippen LogP contribution in [0, 0.1) is 0 Å². The molecule has 2 heterocycles. The molecule has 1 fully saturated rings. The van der Waals surface area contributed by atoms with E-state index >= 15 is 0 Å². The molecule has 0 bridgehead atoms. The van der Waals surface area contributed by atoms with Crippen molar-refractivity contribution >= 4 is 34.6 Å². The van der Waals surface area contributed by atoms with Gasteiger partial charge >= 0.3 is 0 Å². The summed E-state index contributed by atoms with van der Waals surface area (Å²) >= 11 is 1.10. The number of hydrogen-bond donors (Lipinski definition) is 1. The molecule has 0 radical (unpaired) electrons. The standard InChI is InChI=1S/C23H19N3O3S/c1-28-19-10-6-9-17(14-19)25-22-21(30-23(27)26-22)13-16-7-2-3-11-20(16)29-15-18-8-4-5-12-24-18/h2-14H,15H2,1H3,(H,25,26,27). The second kappa shape index (κ2) is 9.28. The first-order chi connectivity index (χ1) is 14.7. The van der Waals surface area contributed by atoms with Gasteiger partial charge in [0.1, 0.15) is 23.9 Å². The highest BCUT2D eigenvalue weighted by atomic mass is 32.2. The van der Waals surface area contributed by atoms with Crippen molar-refractivity contribution in [3.8, 4) is 11.5 Å². The fourth-order valence-electron chi connectivity index (χ4n) is 2.83. The van der Waals surface area contributed by atoms with Crippen molar-refractivity contribution < 1.29 is 14.3 Å². The largest absolute Gasteiger partial charge is 0.497 e. The minimum atomic E-state index is -0.171. The number of aliphatic imine (C=N–C) groups is 1. The molecule has 150 valence electrons. The molecule has 0 saturated carbocycles. The van der Waals surface area contributed by atoms with Crippen molar-refractivity contribution in [1.82, 2.24) is 10.3 Å². The number of thioether (sulfide) groups is 1. The highest BCUT2D eigenvalue weighted by molar-refractivity contribution is 8.18. The van der Waals surface area contributed by atoms with Crippen LogP contribution in [0.15, 0.2) is 82.8 Å². The van der Waals surface area contributed by atoms with Crippen LogP contribution in [-0.4, -0.2) is 23.2 Å². The molecule has 30 heavy (non-hydrogen) atoms. The van der Waals surface area contributed by atoms with Crippen molar-refractivity contribution in [3.05, 3.63) is 89.1 Å². The Hall–Kier alpha value is -3.58. The molecular formula is C23H19N3O3S. The molecule has 0 aliphatic carbocycles. The zero-order valence-electron chi connectivity index (χ0n) is 16.2. The van der Waals surface area contributed by atoms with Crippen LogP contribution in [0.3, 0.4) is 0 Å². The number of amides is 1. The number of amidine groups is 1. The third-order valence-electron chi connectivity index (χ3n) is 4.26. The maximum absolute atomic E-state index is 12.0. The number of hydrogen-bond acceptors (Lipinski definition) is 6. The van der Waals surface area contributed by atoms with Crippen molar-refractivity contribution in [2.24, 2.45) is 4.99 Å². The van der Waals surface area contributed by atoms with Crippen LogP contribution in [0.1, 0.15) is 11.3 Å². The van der Waals surface area contributed by atoms with Crippen LogP contribution in [0.5, 0.6) is 11.5 Å². The molecule has 1 saturated heterocycles. The molecular weight excluding hydrogens is 398 g/mol. The Morgan fingerprint density at radius 3 is 2.80 bits per heavy atom. The number of methoxy groups -OCH3 is 1. The summed E-state index contributed by atoms with van der Waals surface area (Å²) < 4.78 is 11.2. The highest BCUT2D eigenvalue weighted by Gasteiger charge is 2.24. The van der Waals surface area contributed by atoms with E-state index in [1.54, 1.807) is 13.3 Å². The Balaban J connectivity index is 1.61. The number of aromatic nitrogens is 1. The zero-order valence-corrected chi connectivity index (χ0v) is 17.1. The molecule has 6 nitrogen and oxygen atoms in total. The maximum Gasteiger partial charge on any atom is 0.289 e. The Bertz CT molecular complexity index is 1110. The summed E-state index contributed by atoms with van der Waals surface area (Å²) in [6.45, 7) is 0.357. The lowest BCUT2D eigenvalue weighted by atomic mass is 10.2. The van der Waals surface area contributed by atoms with E-state index in [0.717, 1.165) is 27.9 Å². The molecule has 2 aromatic carbocycles. The average molecular weight is 417 g/mol. The second-order valence-electron chi connectivity index (χ2n) is 6.33. The molecule has 1 N–H and O–H groups in total. The normalized spacial score (nSPS) is 16.0. The van der Waals surface area contributed by atoms with Gasteiger partial charge in [-0.1, -0.05) is 30.3 Å². The second-order valence-corrected chi connectivity index (χ2v) is 7.35. The van der Waals surface area contributed by atoms with Gasteiger partial charge in [0.25, 0.3) is 5.24 Å². The summed E-state index contributed by atoms with van der Waals surface area (Å²) in [5.41, 5.74) is 2.39. The van der Waals surface area contributed by atoms with E-state index in [9.17, 15) is 4.79 Å². The van der Waals surface area contributed by atoms with E-state index in [1.807, 2.05) is 72.8 Å². The molecule has 3 aromatic rings. The quantitative estimate of drug-likeness (QED) is 0.597. The lowest BCUT2D eigenvalue weighted by molar-refractivity contribution is 0.265. The number of benzene rings is 2. The topological polar surface area (TPSA) is 72.8 Å². The number of carbonyl (C=O) groups is 1. The molecule has 0 unspecified atom stereocenters. The lowest BCUT2D eigenvalue weighted by Gasteiger charge is -2.09. The molecule has 4 rings (SSSR count). The van der Waals surface area contributed by atoms with Crippen molar-refractivity contribution in [1.29, 1.82) is 0 Å². The fraction of sp³-hybridized carbons (Fsp3) is 0.0870. The number of nitrogens with one attached hydrogen (secondary N) is 1. The smallest absolute Gasteiger partial charge is 0.289 e. The number of rotatable bonds is 6. The van der Waals surface area contributed by atoms with E-state index in [4.69, 9.17) is 9.47 Å². The molecule has 1 amide bonds. The highest BCUT2D eigenvalue weighted by Crippen LogP contribution is 2.31. The van der Waals surface area contributed by atoms with Crippen molar-refractivity contribution in [3.63, 3.8) is 0 Å². The van der Waals surface area contributed by atoms with Gasteiger partial charge in [-0.15, -0.1) is 0 Å². The Kier molecular flexibility index (Phi) is 6.10. The van der Waals surface area contributed by atoms with Gasteiger partial charge in [0, 0.05) is 17.8 Å². The minimum Gasteiger partial charge on any atom is -0.497 e. The van der Waals surface area contributed by atoms with Crippen LogP contribution in [0.2, 0.25) is 0 Å². The van der Waals surface area contributed by atoms with Gasteiger partial charge in [0.15, 0.2) is 0 Å². The SMILES string of the molecule is COc1cccc(N=C2NC(=O)SC2=Cc2ccccc2OCc2ccccn2)c1. The van der Waals surface area contributed by atoms with Gasteiger partial charge in [-0.05, 0) is 48.2 Å². The Labute approximate surface area is 178 Å². The summed E-state index contributed by atoms with van der Waals surface area (Å²) in [4.78, 5) is 21.6. The summed E-state index contributed by atoms with van der Waals surface area (Å²) in [6.07, 6.45) is 3.63. The van der Waals surface area contributed by atoms with E-state index in [-0.39, 0.29) is 5.24 Å². The van der Waals surface area contributed by atoms with Gasteiger partial charge in [-0.25, -0.2) is 4.99 Å². The van der Waals surface area contributed by atoms with Crippen LogP contribution in [-0.2, 0) is 6.61 Å². The zero-order chi connectivity index (χ0) is 20.8. The number of para-hydroxylation sites is 1. The fourth-order valence-corrected chi connectivity index (χ4v) is 3.56. The summed E-state index contributed by atoms with van der Waals surface area (Å²) in [6, 6.07) is 20.7. The third kappa shape index (κ3) is 4.87. The predicted molar refractivity (Wildman–Crippen MR) is 119 cm³/mol. The van der Waals surface area contributed by atoms with Crippen LogP contribution < -0.4 is 14.8 Å². The molecule has 7 heteroatoms. The lowest BCUT2D eigenvalue weighted by Crippen LogP contribution is -2.18. The Morgan fingerprint density at radius 2 is 1.97 bits per heavy atom. The van der Waals surface area contributed by atoms with Crippen LogP contribution in [0.25, 0.3) is 6.08 Å². The third-order valence-corrected chi connectivity index (χ3v) is 5.08. The van der Waals surface area contributed by atoms with Crippen LogP contribution in [0.4, 0.5) is 10.5 Å². The average Bonchev–Trinajstić information content (AvgIpc) is 3.12. The molecule has 1 aliphatic rings. The van der Waals surface area contributed by atoms with Gasteiger partial charge in [-0.2, -0.15) is 0 Å². The summed E-state index contributed by atoms with van der Waals surface area (Å²) in [5.74, 6) is 1.90. The minimum absolute atomic E-state index is 0.171. The number of nitrogens with zero attached hydrogens (tertiary/aromatic N) is 2. The van der Waals surface area contributed by atoms with Gasteiger partial charge in [0.05, 0.1) is 23.4 Å². The van der Waals surface area contributed by atoms with E-state index in [1.165, 1.54) is 0 Å². The van der Waals surface area contributed by atoms with E-state index in [0.29, 0.717) is 29.6 Å². The van der Waals surface area contributed by atoms with Crippen LogP contribution >= 0.6 is 11.8 Å². The van der Waals surface area contributed by atoms with Gasteiger partial charge in [-0.3, -0.25) is 9.78 Å². The first-order valence-electron chi connectivity index (χ1n) is 9.26. The van der Waals surface area contributed by atoms with Gasteiger partial charge in [0.2, 0.25) is 0 Å². The Morgan fingerprint density at radius 1 is 1.10 bits per heavy atom. The van der Waals surface area contributed by atoms with Gasteiger partial charge < -0.3 is 14.8 Å². The van der Waals surface area contributed by atoms with Crippen molar-refractivity contribution in [2.45, 2.75) is 6.61 Å². The molecule has 0 atom stereocenters. The first-order valence-corrected chi connectivity index (χ1v) is 10.1. The maximum atomic E-state index is 12.0.